The first kappa shape index (κ1) is 59.8. The van der Waals surface area contributed by atoms with Crippen LogP contribution < -0.4 is 41.2 Å². The van der Waals surface area contributed by atoms with Gasteiger partial charge in [0.2, 0.25) is 41.4 Å². The summed E-state index contributed by atoms with van der Waals surface area (Å²) in [4.78, 5) is 113. The molecule has 3 aliphatic heterocycles. The second-order valence-electron chi connectivity index (χ2n) is 19.3. The topological polar surface area (TPSA) is 412 Å². The van der Waals surface area contributed by atoms with Crippen LogP contribution >= 0.6 is 0 Å². The highest BCUT2D eigenvalue weighted by molar-refractivity contribution is 7.81. The number of hydrogen-bond donors (Lipinski definition) is 12. The van der Waals surface area contributed by atoms with E-state index in [9.17, 15) is 76.9 Å². The molecule has 78 heavy (non-hydrogen) atoms. The summed E-state index contributed by atoms with van der Waals surface area (Å²) in [5, 5.41) is 67.7. The molecule has 0 saturated carbocycles. The van der Waals surface area contributed by atoms with Gasteiger partial charge in [-0.05, 0) is 48.6 Å². The number of rotatable bonds is 15. The van der Waals surface area contributed by atoms with E-state index < -0.39 is 175 Å². The first-order chi connectivity index (χ1) is 36.9. The van der Waals surface area contributed by atoms with Crippen molar-refractivity contribution in [3.05, 3.63) is 95.6 Å². The number of benzene rings is 3. The number of amides is 8. The highest BCUT2D eigenvalue weighted by Gasteiger charge is 2.49. The lowest BCUT2D eigenvalue weighted by Gasteiger charge is -2.33. The third kappa shape index (κ3) is 16.3. The number of nitrogens with zero attached hydrogens (tertiary/aromatic N) is 2. The summed E-state index contributed by atoms with van der Waals surface area (Å²) in [7, 11) is -5.15. The van der Waals surface area contributed by atoms with Crippen LogP contribution in [0.4, 0.5) is 4.79 Å². The van der Waals surface area contributed by atoms with Gasteiger partial charge in [0.1, 0.15) is 49.5 Å². The molecule has 3 aromatic rings. The number of hydrogen-bond acceptors (Lipinski definition) is 18. The molecule has 3 heterocycles. The van der Waals surface area contributed by atoms with Gasteiger partial charge in [-0.2, -0.15) is 8.42 Å². The molecule has 12 atom stereocenters. The quantitative estimate of drug-likeness (QED) is 0.0667. The minimum Gasteiger partial charge on any atom is -0.485 e. The van der Waals surface area contributed by atoms with Crippen LogP contribution in [-0.2, 0) is 68.3 Å². The van der Waals surface area contributed by atoms with E-state index in [4.69, 9.17) is 19.4 Å². The molecule has 27 nitrogen and oxygen atoms in total. The fourth-order valence-electron chi connectivity index (χ4n) is 9.16. The number of ether oxygens (including phenoxy) is 2. The zero-order valence-electron chi connectivity index (χ0n) is 42.4. The SMILES string of the molecule is C[C@@H](O)[C@@H]1NC(=O)[C@@H](NC(=O)OCc2ccccc2)C[C@H](O)CNC(=O)[C@@H]2[C@@H](O)[C@@H](C)CN2C(=O)[C@H](C(O)CC(N)=O)NC(=O)C(CCc2ccc(OCc3ccccc3)c(OS(=O)(=O)O)c2)NC(=O)[C@@H]2C[C@@H](O)CN2C1=O. The predicted molar refractivity (Wildman–Crippen MR) is 269 cm³/mol. The molecule has 424 valence electrons. The number of aliphatic hydroxyl groups is 5. The first-order valence-electron chi connectivity index (χ1n) is 24.8. The standard InChI is InChI=1S/C50H64N8O19S/c1-26-22-58-42(43(26)64)47(68)52-21-31(60)18-34(54-50(71)76-25-30-11-7-4-8-12-30)45(66)55-40(27(2)59)48(69)57-23-32(61)19-35(57)46(67)53-33(44(65)56-41(49(58)70)36(62)20-39(51)63)15-13-28-14-16-37(38(17-28)77-78(72,73)74)75-24-29-9-5-3-6-10-29/h3-12,14,16-17,26-27,31-36,40-43,59-62,64H,13,15,18-25H2,1-2H3,(H2,51,63)(H,52,68)(H,53,67)(H,54,71)(H,55,66)(H,56,65)(H,72,73,74)/t26-,27+,31-,32+,33?,34-,35-,36?,40-,41-,42-,43-/m0/s1. The molecule has 3 aromatic carbocycles. The number of carbonyl (C=O) groups excluding carboxylic acids is 8. The number of β-amino-alcohol motifs (C(OH)–C–C–N with tert-alkyl or cyclic N) is 1. The van der Waals surface area contributed by atoms with E-state index in [1.54, 1.807) is 60.7 Å². The van der Waals surface area contributed by atoms with E-state index in [0.29, 0.717) is 11.1 Å². The lowest BCUT2D eigenvalue weighted by molar-refractivity contribution is -0.147. The summed E-state index contributed by atoms with van der Waals surface area (Å²) >= 11 is 0. The third-order valence-electron chi connectivity index (χ3n) is 13.2. The van der Waals surface area contributed by atoms with Gasteiger partial charge in [-0.3, -0.25) is 38.1 Å². The number of nitrogens with one attached hydrogen (secondary N) is 5. The number of carbonyl (C=O) groups is 8. The molecule has 8 amide bonds. The van der Waals surface area contributed by atoms with Crippen molar-refractivity contribution in [1.82, 2.24) is 36.4 Å². The Morgan fingerprint density at radius 3 is 2.01 bits per heavy atom. The summed E-state index contributed by atoms with van der Waals surface area (Å²) in [5.41, 5.74) is 6.85. The highest BCUT2D eigenvalue weighted by Crippen LogP contribution is 2.32. The maximum absolute atomic E-state index is 14.6. The Morgan fingerprint density at radius 1 is 0.756 bits per heavy atom. The van der Waals surface area contributed by atoms with Crippen molar-refractivity contribution in [2.45, 2.75) is 126 Å². The third-order valence-corrected chi connectivity index (χ3v) is 13.6. The van der Waals surface area contributed by atoms with Gasteiger partial charge in [0.05, 0.1) is 36.9 Å². The molecular formula is C50H64N8O19S. The molecule has 0 spiro atoms. The van der Waals surface area contributed by atoms with Gasteiger partial charge in [-0.25, -0.2) is 4.79 Å². The summed E-state index contributed by atoms with van der Waals surface area (Å²) in [5.74, 6) is -9.52. The zero-order chi connectivity index (χ0) is 57.0. The zero-order valence-corrected chi connectivity index (χ0v) is 43.2. The predicted octanol–water partition coefficient (Wildman–Crippen LogP) is -3.20. The van der Waals surface area contributed by atoms with Gasteiger partial charge in [-0.15, -0.1) is 0 Å². The van der Waals surface area contributed by atoms with Gasteiger partial charge < -0.3 is 81.3 Å². The molecule has 28 heteroatoms. The van der Waals surface area contributed by atoms with Crippen molar-refractivity contribution in [3.8, 4) is 11.5 Å². The fourth-order valence-corrected chi connectivity index (χ4v) is 9.52. The van der Waals surface area contributed by atoms with E-state index in [-0.39, 0.29) is 37.5 Å². The second-order valence-corrected chi connectivity index (χ2v) is 20.3. The average Bonchev–Trinajstić information content (AvgIpc) is 3.94. The van der Waals surface area contributed by atoms with Crippen LogP contribution in [0.25, 0.3) is 0 Å². The van der Waals surface area contributed by atoms with E-state index in [1.807, 2.05) is 0 Å². The molecule has 13 N–H and O–H groups in total. The normalized spacial score (nSPS) is 26.6. The molecule has 3 fully saturated rings. The van der Waals surface area contributed by atoms with Gasteiger partial charge in [-0.1, -0.05) is 73.7 Å². The van der Waals surface area contributed by atoms with Crippen molar-refractivity contribution in [3.63, 3.8) is 0 Å². The average molecular weight is 1110 g/mol. The second kappa shape index (κ2) is 26.7. The summed E-state index contributed by atoms with van der Waals surface area (Å²) in [6.45, 7) is 0.654. The van der Waals surface area contributed by atoms with Crippen LogP contribution in [0.5, 0.6) is 11.5 Å². The maximum atomic E-state index is 14.6. The minimum absolute atomic E-state index is 0.0644. The molecule has 0 bridgehead atoms. The van der Waals surface area contributed by atoms with Gasteiger partial charge >= 0.3 is 16.5 Å². The van der Waals surface area contributed by atoms with Crippen molar-refractivity contribution in [1.29, 1.82) is 0 Å². The van der Waals surface area contributed by atoms with Crippen LogP contribution in [0, 0.1) is 5.92 Å². The van der Waals surface area contributed by atoms with Crippen LogP contribution in [0.15, 0.2) is 78.9 Å². The Labute approximate surface area is 447 Å². The Hall–Kier alpha value is -7.47. The van der Waals surface area contributed by atoms with E-state index in [2.05, 4.69) is 26.6 Å². The van der Waals surface area contributed by atoms with Crippen molar-refractivity contribution < 1.29 is 90.5 Å². The Bertz CT molecular complexity index is 2760. The lowest BCUT2D eigenvalue weighted by Crippen LogP contribution is -2.62. The minimum atomic E-state index is -5.15. The molecule has 6 rings (SSSR count). The molecule has 2 unspecified atom stereocenters. The Balaban J connectivity index is 1.37. The number of nitrogens with two attached hydrogens (primary N) is 1. The number of alkyl carbamates (subject to hydrolysis) is 1. The molecule has 3 aliphatic rings. The number of aryl methyl sites for hydroxylation is 1. The lowest BCUT2D eigenvalue weighted by atomic mass is 10.0. The molecule has 0 aromatic heterocycles. The first-order valence-corrected chi connectivity index (χ1v) is 26.2. The smallest absolute Gasteiger partial charge is 0.446 e. The summed E-state index contributed by atoms with van der Waals surface area (Å²) in [6, 6.07) is 9.99. The number of fused-ring (bicyclic) bond motifs is 2. The van der Waals surface area contributed by atoms with Gasteiger partial charge in [0, 0.05) is 38.4 Å². The number of primary amides is 1. The molecular weight excluding hydrogens is 1050 g/mol. The molecule has 0 radical (unpaired) electrons. The molecule has 0 aliphatic carbocycles. The van der Waals surface area contributed by atoms with Crippen LogP contribution in [0.1, 0.15) is 56.2 Å². The maximum Gasteiger partial charge on any atom is 0.446 e. The Kier molecular flexibility index (Phi) is 20.5. The van der Waals surface area contributed by atoms with E-state index in [0.717, 1.165) is 22.8 Å². The largest absolute Gasteiger partial charge is 0.485 e. The van der Waals surface area contributed by atoms with Crippen LogP contribution in [-0.4, -0.2) is 182 Å². The van der Waals surface area contributed by atoms with E-state index >= 15 is 0 Å². The van der Waals surface area contributed by atoms with Crippen molar-refractivity contribution >= 4 is 57.8 Å². The number of aliphatic hydroxyl groups excluding tert-OH is 5. The fraction of sp³-hybridized carbons (Fsp3) is 0.480. The van der Waals surface area contributed by atoms with E-state index in [1.165, 1.54) is 19.1 Å². The summed E-state index contributed by atoms with van der Waals surface area (Å²) < 4.78 is 49.5. The van der Waals surface area contributed by atoms with Crippen molar-refractivity contribution in [2.24, 2.45) is 11.7 Å². The van der Waals surface area contributed by atoms with Gasteiger partial charge in [0.25, 0.3) is 0 Å². The molecule has 3 saturated heterocycles. The van der Waals surface area contributed by atoms with Crippen LogP contribution in [0.3, 0.4) is 0 Å². The van der Waals surface area contributed by atoms with Crippen LogP contribution in [0.2, 0.25) is 0 Å². The Morgan fingerprint density at radius 2 is 1.38 bits per heavy atom. The monoisotopic (exact) mass is 1110 g/mol. The van der Waals surface area contributed by atoms with Gasteiger partial charge in [0.15, 0.2) is 11.5 Å². The highest BCUT2D eigenvalue weighted by atomic mass is 32.3. The summed E-state index contributed by atoms with van der Waals surface area (Å²) in [6.07, 6.45) is -12.5. The van der Waals surface area contributed by atoms with Crippen molar-refractivity contribution in [2.75, 3.05) is 19.6 Å².